The first-order chi connectivity index (χ1) is 16.6. The van der Waals surface area contributed by atoms with E-state index >= 15 is 0 Å². The number of fused-ring (bicyclic) bond motifs is 1. The Morgan fingerprint density at radius 3 is 2.12 bits per heavy atom. The predicted molar refractivity (Wildman–Crippen MR) is 149 cm³/mol. The van der Waals surface area contributed by atoms with Crippen molar-refractivity contribution >= 4 is 45.6 Å². The molecule has 1 aliphatic rings. The van der Waals surface area contributed by atoms with Crippen LogP contribution in [0.1, 0.15) is 31.2 Å². The summed E-state index contributed by atoms with van der Waals surface area (Å²) in [5.74, 6) is 0.265. The Morgan fingerprint density at radius 1 is 0.794 bits per heavy atom. The fourth-order valence-corrected chi connectivity index (χ4v) is 8.52. The van der Waals surface area contributed by atoms with Gasteiger partial charge in [0.05, 0.1) is 12.2 Å². The fourth-order valence-electron chi connectivity index (χ4n) is 4.84. The quantitative estimate of drug-likeness (QED) is 0.264. The van der Waals surface area contributed by atoms with E-state index in [-0.39, 0.29) is 17.8 Å². The van der Waals surface area contributed by atoms with Crippen molar-refractivity contribution in [2.24, 2.45) is 4.99 Å². The molecule has 1 aliphatic carbocycles. The maximum Gasteiger partial charge on any atom is 0.124 e. The van der Waals surface area contributed by atoms with E-state index in [1.807, 2.05) is 42.6 Å². The SMILES string of the molecule is Oc1ccc2ccccc2c1C=N[C@@H]1CCCC[C@H]1NP(=S)(c1ccccc1)c1ccccc1. The summed E-state index contributed by atoms with van der Waals surface area (Å²) in [6, 6.07) is 33.1. The molecule has 0 radical (unpaired) electrons. The Bertz CT molecular complexity index is 1300. The largest absolute Gasteiger partial charge is 0.507 e. The number of aliphatic imine (C=N–C) groups is 1. The Kier molecular flexibility index (Phi) is 6.92. The number of phenolic OH excluding ortho intramolecular Hbond substituents is 1. The summed E-state index contributed by atoms with van der Waals surface area (Å²) >= 11 is 6.44. The maximum atomic E-state index is 10.6. The molecule has 2 atom stereocenters. The van der Waals surface area contributed by atoms with Crippen molar-refractivity contribution in [1.29, 1.82) is 0 Å². The molecule has 5 heteroatoms. The van der Waals surface area contributed by atoms with Crippen molar-refractivity contribution in [3.63, 3.8) is 0 Å². The molecular weight excluding hydrogens is 455 g/mol. The standard InChI is InChI=1S/C29H29N2OPS/c32-29-20-19-22-11-7-8-16-25(22)26(29)21-30-27-17-9-10-18-28(27)31-33(34,23-12-3-1-4-13-23)24-14-5-2-6-15-24/h1-8,11-16,19-21,27-28,32H,9-10,17-18H2,(H,31,34)/t27-,28-/m1/s1. The van der Waals surface area contributed by atoms with Gasteiger partial charge in [0.25, 0.3) is 0 Å². The monoisotopic (exact) mass is 484 g/mol. The number of phenols is 1. The summed E-state index contributed by atoms with van der Waals surface area (Å²) in [4.78, 5) is 5.04. The molecular formula is C29H29N2OPS. The average molecular weight is 485 g/mol. The molecule has 1 fully saturated rings. The highest BCUT2D eigenvalue weighted by atomic mass is 32.4. The molecule has 34 heavy (non-hydrogen) atoms. The van der Waals surface area contributed by atoms with E-state index in [9.17, 15) is 5.11 Å². The minimum Gasteiger partial charge on any atom is -0.507 e. The van der Waals surface area contributed by atoms with E-state index in [1.54, 1.807) is 6.07 Å². The second-order valence-electron chi connectivity index (χ2n) is 8.87. The molecule has 5 rings (SSSR count). The molecule has 2 N–H and O–H groups in total. The second kappa shape index (κ2) is 10.2. The first kappa shape index (κ1) is 23.0. The van der Waals surface area contributed by atoms with E-state index in [4.69, 9.17) is 16.8 Å². The highest BCUT2D eigenvalue weighted by Gasteiger charge is 2.31. The van der Waals surface area contributed by atoms with Crippen molar-refractivity contribution < 1.29 is 5.11 Å². The maximum absolute atomic E-state index is 10.6. The zero-order valence-corrected chi connectivity index (χ0v) is 20.8. The molecule has 0 amide bonds. The molecule has 0 unspecified atom stereocenters. The first-order valence-corrected chi connectivity index (χ1v) is 14.7. The molecule has 0 spiro atoms. The molecule has 4 aromatic rings. The lowest BCUT2D eigenvalue weighted by Gasteiger charge is -2.35. The lowest BCUT2D eigenvalue weighted by Crippen LogP contribution is -2.43. The number of benzene rings is 4. The Morgan fingerprint density at radius 2 is 1.41 bits per heavy atom. The number of rotatable bonds is 6. The van der Waals surface area contributed by atoms with Gasteiger partial charge in [-0.15, -0.1) is 0 Å². The normalized spacial score (nSPS) is 18.9. The fraction of sp³-hybridized carbons (Fsp3) is 0.207. The van der Waals surface area contributed by atoms with E-state index < -0.39 is 6.19 Å². The lowest BCUT2D eigenvalue weighted by atomic mass is 9.91. The van der Waals surface area contributed by atoms with Gasteiger partial charge in [-0.3, -0.25) is 10.1 Å². The van der Waals surface area contributed by atoms with Crippen LogP contribution < -0.4 is 15.7 Å². The van der Waals surface area contributed by atoms with Crippen LogP contribution in [0.25, 0.3) is 10.8 Å². The van der Waals surface area contributed by atoms with E-state index in [0.29, 0.717) is 0 Å². The van der Waals surface area contributed by atoms with Gasteiger partial charge >= 0.3 is 0 Å². The van der Waals surface area contributed by atoms with Gasteiger partial charge in [0.1, 0.15) is 5.75 Å². The minimum atomic E-state index is -2.21. The number of hydrogen-bond donors (Lipinski definition) is 2. The van der Waals surface area contributed by atoms with Crippen molar-refractivity contribution in [1.82, 2.24) is 5.09 Å². The zero-order chi connectivity index (χ0) is 23.4. The van der Waals surface area contributed by atoms with Crippen LogP contribution in [0.3, 0.4) is 0 Å². The summed E-state index contributed by atoms with van der Waals surface area (Å²) in [6.07, 6.45) is 4.04. The molecule has 1 saturated carbocycles. The number of aromatic hydroxyl groups is 1. The van der Waals surface area contributed by atoms with Gasteiger partial charge in [0, 0.05) is 28.4 Å². The third kappa shape index (κ3) is 4.72. The van der Waals surface area contributed by atoms with Gasteiger partial charge < -0.3 is 5.11 Å². The lowest BCUT2D eigenvalue weighted by molar-refractivity contribution is 0.370. The highest BCUT2D eigenvalue weighted by Crippen LogP contribution is 2.42. The number of nitrogens with one attached hydrogen (secondary N) is 1. The predicted octanol–water partition coefficient (Wildman–Crippen LogP) is 5.91. The summed E-state index contributed by atoms with van der Waals surface area (Å²) in [5, 5.41) is 19.0. The van der Waals surface area contributed by atoms with Crippen LogP contribution in [0.15, 0.2) is 102 Å². The van der Waals surface area contributed by atoms with Crippen LogP contribution >= 0.6 is 6.19 Å². The van der Waals surface area contributed by atoms with Crippen LogP contribution in [0.2, 0.25) is 0 Å². The van der Waals surface area contributed by atoms with Gasteiger partial charge in [0.15, 0.2) is 0 Å². The zero-order valence-electron chi connectivity index (χ0n) is 19.0. The smallest absolute Gasteiger partial charge is 0.124 e. The molecule has 172 valence electrons. The highest BCUT2D eigenvalue weighted by molar-refractivity contribution is 8.20. The van der Waals surface area contributed by atoms with Crippen LogP contribution in [-0.2, 0) is 11.8 Å². The Balaban J connectivity index is 1.48. The number of hydrogen-bond acceptors (Lipinski definition) is 3. The van der Waals surface area contributed by atoms with Crippen LogP contribution in [0.4, 0.5) is 0 Å². The minimum absolute atomic E-state index is 0.113. The third-order valence-corrected chi connectivity index (χ3v) is 11.0. The van der Waals surface area contributed by atoms with Crippen LogP contribution in [0.5, 0.6) is 5.75 Å². The summed E-state index contributed by atoms with van der Waals surface area (Å²) in [7, 11) is 0. The van der Waals surface area contributed by atoms with Gasteiger partial charge in [-0.1, -0.05) is 116 Å². The van der Waals surface area contributed by atoms with Crippen LogP contribution in [0, 0.1) is 0 Å². The van der Waals surface area contributed by atoms with Crippen molar-refractivity contribution in [2.45, 2.75) is 37.8 Å². The topological polar surface area (TPSA) is 44.6 Å². The molecule has 0 bridgehead atoms. The molecule has 4 aromatic carbocycles. The van der Waals surface area contributed by atoms with Crippen molar-refractivity contribution in [3.8, 4) is 5.75 Å². The summed E-state index contributed by atoms with van der Waals surface area (Å²) < 4.78 is 0. The van der Waals surface area contributed by atoms with Gasteiger partial charge in [-0.25, -0.2) is 0 Å². The van der Waals surface area contributed by atoms with E-state index in [0.717, 1.165) is 35.6 Å². The van der Waals surface area contributed by atoms with Crippen molar-refractivity contribution in [3.05, 3.63) is 103 Å². The van der Waals surface area contributed by atoms with Crippen LogP contribution in [-0.4, -0.2) is 23.4 Å². The first-order valence-electron chi connectivity index (χ1n) is 11.9. The molecule has 0 saturated heterocycles. The average Bonchev–Trinajstić information content (AvgIpc) is 2.90. The van der Waals surface area contributed by atoms with E-state index in [2.05, 4.69) is 59.7 Å². The third-order valence-electron chi connectivity index (χ3n) is 6.66. The molecule has 0 aromatic heterocycles. The molecule has 3 nitrogen and oxygen atoms in total. The Labute approximate surface area is 206 Å². The summed E-state index contributed by atoms with van der Waals surface area (Å²) in [5.41, 5.74) is 0.785. The van der Waals surface area contributed by atoms with E-state index in [1.165, 1.54) is 17.0 Å². The number of nitrogens with zero attached hydrogens (tertiary/aromatic N) is 1. The summed E-state index contributed by atoms with van der Waals surface area (Å²) in [6.45, 7) is 0. The second-order valence-corrected chi connectivity index (χ2v) is 13.0. The Hall–Kier alpha value is -2.78. The molecule has 0 heterocycles. The van der Waals surface area contributed by atoms with Gasteiger partial charge in [-0.05, 0) is 29.7 Å². The van der Waals surface area contributed by atoms with Crippen molar-refractivity contribution in [2.75, 3.05) is 0 Å². The van der Waals surface area contributed by atoms with Gasteiger partial charge in [-0.2, -0.15) is 0 Å². The van der Waals surface area contributed by atoms with Gasteiger partial charge in [0.2, 0.25) is 0 Å². The molecule has 0 aliphatic heterocycles.